The number of benzene rings is 1. The molecule has 1 aromatic rings. The number of nitrogens with zero attached hydrogens (tertiary/aromatic N) is 1. The minimum absolute atomic E-state index is 0.0204. The van der Waals surface area contributed by atoms with E-state index in [-0.39, 0.29) is 27.1 Å². The molecule has 1 aromatic carbocycles. The Hall–Kier alpha value is -2.31. The number of carboxylic acids is 2. The third-order valence-corrected chi connectivity index (χ3v) is 5.37. The molecule has 0 aliphatic carbocycles. The second-order valence-corrected chi connectivity index (χ2v) is 7.61. The van der Waals surface area contributed by atoms with E-state index < -0.39 is 30.1 Å². The number of aliphatic hydroxyl groups is 2. The molecule has 180 valence electrons. The third-order valence-electron chi connectivity index (χ3n) is 4.80. The van der Waals surface area contributed by atoms with E-state index in [1.807, 2.05) is 0 Å². The van der Waals surface area contributed by atoms with E-state index in [2.05, 4.69) is 17.1 Å². The zero-order valence-corrected chi connectivity index (χ0v) is 18.9. The molecule has 1 heterocycles. The number of aliphatic hydroxyl groups excluding tert-OH is 2. The molecular formula is C19H26Cl2N2O9. The molecule has 0 radical (unpaired) electrons. The average molecular weight is 497 g/mol. The van der Waals surface area contributed by atoms with Crippen molar-refractivity contribution in [2.75, 3.05) is 26.7 Å². The molecule has 1 amide bonds. The molecule has 6 N–H and O–H groups in total. The summed E-state index contributed by atoms with van der Waals surface area (Å²) in [5, 5.41) is 45.6. The van der Waals surface area contributed by atoms with Crippen LogP contribution in [-0.2, 0) is 9.59 Å². The highest BCUT2D eigenvalue weighted by molar-refractivity contribution is 6.37. The lowest BCUT2D eigenvalue weighted by molar-refractivity contribution is -0.165. The zero-order chi connectivity index (χ0) is 24.6. The molecule has 0 saturated carbocycles. The predicted octanol–water partition coefficient (Wildman–Crippen LogP) is 0.799. The molecule has 11 nitrogen and oxygen atoms in total. The van der Waals surface area contributed by atoms with Gasteiger partial charge in [-0.1, -0.05) is 30.1 Å². The lowest BCUT2D eigenvalue weighted by atomic mass is 10.1. The lowest BCUT2D eigenvalue weighted by Gasteiger charge is -2.23. The Kier molecular flexibility index (Phi) is 11.0. The van der Waals surface area contributed by atoms with Gasteiger partial charge in [0.15, 0.2) is 23.7 Å². The quantitative estimate of drug-likeness (QED) is 0.301. The molecule has 13 heteroatoms. The van der Waals surface area contributed by atoms with Crippen LogP contribution in [0.15, 0.2) is 6.07 Å². The molecule has 1 fully saturated rings. The predicted molar refractivity (Wildman–Crippen MR) is 115 cm³/mol. The first-order chi connectivity index (χ1) is 15.0. The number of ether oxygens (including phenoxy) is 1. The van der Waals surface area contributed by atoms with Crippen LogP contribution in [0.1, 0.15) is 30.1 Å². The smallest absolute Gasteiger partial charge is 0.335 e. The van der Waals surface area contributed by atoms with Crippen molar-refractivity contribution in [2.45, 2.75) is 38.0 Å². The molecule has 0 aromatic heterocycles. The number of hydrogen-bond donors (Lipinski definition) is 6. The normalized spacial score (nSPS) is 17.6. The highest BCUT2D eigenvalue weighted by Crippen LogP contribution is 2.40. The van der Waals surface area contributed by atoms with E-state index in [1.165, 1.54) is 13.2 Å². The monoisotopic (exact) mass is 496 g/mol. The van der Waals surface area contributed by atoms with Gasteiger partial charge in [-0.15, -0.1) is 0 Å². The Labute approximate surface area is 194 Å². The first kappa shape index (κ1) is 27.7. The summed E-state index contributed by atoms with van der Waals surface area (Å²) in [5.74, 6) is -4.18. The van der Waals surface area contributed by atoms with Crippen LogP contribution >= 0.6 is 23.2 Å². The van der Waals surface area contributed by atoms with Crippen LogP contribution in [0.4, 0.5) is 0 Å². The number of halogens is 2. The van der Waals surface area contributed by atoms with E-state index >= 15 is 0 Å². The van der Waals surface area contributed by atoms with Crippen molar-refractivity contribution in [3.8, 4) is 11.5 Å². The topological polar surface area (TPSA) is 177 Å². The van der Waals surface area contributed by atoms with Gasteiger partial charge in [0.25, 0.3) is 5.91 Å². The second kappa shape index (κ2) is 12.7. The number of likely N-dealkylation sites (N-methyl/N-ethyl adjacent to an activating group) is 1. The van der Waals surface area contributed by atoms with E-state index in [0.29, 0.717) is 12.6 Å². The molecule has 2 unspecified atom stereocenters. The molecule has 0 bridgehead atoms. The van der Waals surface area contributed by atoms with E-state index in [0.717, 1.165) is 25.9 Å². The fourth-order valence-electron chi connectivity index (χ4n) is 3.11. The number of amides is 1. The van der Waals surface area contributed by atoms with Gasteiger partial charge < -0.3 is 35.6 Å². The molecule has 1 saturated heterocycles. The van der Waals surface area contributed by atoms with Crippen LogP contribution < -0.4 is 10.1 Å². The molecule has 3 atom stereocenters. The number of methoxy groups -OCH3 is 1. The van der Waals surface area contributed by atoms with Gasteiger partial charge in [-0.3, -0.25) is 9.69 Å². The van der Waals surface area contributed by atoms with Gasteiger partial charge in [-0.2, -0.15) is 0 Å². The summed E-state index contributed by atoms with van der Waals surface area (Å²) in [7, 11) is 1.39. The number of nitrogens with one attached hydrogen (secondary N) is 1. The maximum absolute atomic E-state index is 12.4. The van der Waals surface area contributed by atoms with Crippen LogP contribution in [0.2, 0.25) is 10.0 Å². The molecular weight excluding hydrogens is 471 g/mol. The first-order valence-electron chi connectivity index (χ1n) is 9.55. The van der Waals surface area contributed by atoms with Crippen molar-refractivity contribution in [3.63, 3.8) is 0 Å². The highest BCUT2D eigenvalue weighted by atomic mass is 35.5. The maximum Gasteiger partial charge on any atom is 0.335 e. The van der Waals surface area contributed by atoms with Crippen molar-refractivity contribution in [3.05, 3.63) is 21.7 Å². The molecule has 0 spiro atoms. The number of carbonyl (C=O) groups excluding carboxylic acids is 1. The Balaban J connectivity index is 0.000000433. The van der Waals surface area contributed by atoms with Crippen molar-refractivity contribution >= 4 is 41.0 Å². The highest BCUT2D eigenvalue weighted by Gasteiger charge is 2.29. The number of rotatable bonds is 8. The number of hydrogen-bond acceptors (Lipinski definition) is 8. The summed E-state index contributed by atoms with van der Waals surface area (Å²) in [6.45, 7) is 4.62. The standard InChI is InChI=1S/C15H20Cl2N2O3.C4H6O6/c1-3-19-6-4-5-9(19)8-18-15(21)12-13(20)10(16)7-11(17)14(12)22-2;5-1(3(7)8)2(6)4(9)10/h7,9,20H,3-6,8H2,1-2H3,(H,18,21);1-2,5-6H,(H,7,8)(H,9,10)/t9-;/m1./s1. The fourth-order valence-corrected chi connectivity index (χ4v) is 3.65. The van der Waals surface area contributed by atoms with Gasteiger partial charge in [0.1, 0.15) is 5.56 Å². The second-order valence-electron chi connectivity index (χ2n) is 6.80. The maximum atomic E-state index is 12.4. The van der Waals surface area contributed by atoms with E-state index in [4.69, 9.17) is 48.4 Å². The number of carboxylic acid groups (broad SMARTS) is 2. The largest absolute Gasteiger partial charge is 0.505 e. The van der Waals surface area contributed by atoms with Crippen LogP contribution in [0.5, 0.6) is 11.5 Å². The summed E-state index contributed by atoms with van der Waals surface area (Å²) in [6, 6.07) is 1.67. The van der Waals surface area contributed by atoms with E-state index in [9.17, 15) is 19.5 Å². The minimum atomic E-state index is -2.27. The number of carbonyl (C=O) groups is 3. The van der Waals surface area contributed by atoms with Gasteiger partial charge in [-0.25, -0.2) is 9.59 Å². The van der Waals surface area contributed by atoms with Gasteiger partial charge in [0, 0.05) is 12.6 Å². The van der Waals surface area contributed by atoms with Crippen molar-refractivity contribution in [2.24, 2.45) is 0 Å². The fraction of sp³-hybridized carbons (Fsp3) is 0.526. The van der Waals surface area contributed by atoms with Crippen LogP contribution in [0.25, 0.3) is 0 Å². The summed E-state index contributed by atoms with van der Waals surface area (Å²) < 4.78 is 5.13. The van der Waals surface area contributed by atoms with Crippen LogP contribution in [0, 0.1) is 0 Å². The van der Waals surface area contributed by atoms with Gasteiger partial charge in [-0.05, 0) is 32.0 Å². The van der Waals surface area contributed by atoms with Crippen LogP contribution in [0.3, 0.4) is 0 Å². The third kappa shape index (κ3) is 7.10. The number of aliphatic carboxylic acids is 2. The summed E-state index contributed by atoms with van der Waals surface area (Å²) in [5.41, 5.74) is -0.0268. The molecule has 1 aliphatic rings. The van der Waals surface area contributed by atoms with Crippen LogP contribution in [-0.4, -0.2) is 93.3 Å². The van der Waals surface area contributed by atoms with Crippen molar-refractivity contribution < 1.29 is 44.7 Å². The summed E-state index contributed by atoms with van der Waals surface area (Å²) >= 11 is 11.9. The van der Waals surface area contributed by atoms with Gasteiger partial charge >= 0.3 is 11.9 Å². The minimum Gasteiger partial charge on any atom is -0.505 e. The number of aromatic hydroxyl groups is 1. The summed E-state index contributed by atoms with van der Waals surface area (Å²) in [6.07, 6.45) is -2.35. The van der Waals surface area contributed by atoms with Crippen molar-refractivity contribution in [1.82, 2.24) is 10.2 Å². The number of phenols is 1. The Bertz CT molecular complexity index is 820. The average Bonchev–Trinajstić information content (AvgIpc) is 3.21. The van der Waals surface area contributed by atoms with Crippen molar-refractivity contribution in [1.29, 1.82) is 0 Å². The molecule has 2 rings (SSSR count). The SMILES string of the molecule is CCN1CCC[C@@H]1CNC(=O)c1c(O)c(Cl)cc(Cl)c1OC.O=C(O)C(O)C(O)C(=O)O. The molecule has 1 aliphatic heterocycles. The Morgan fingerprint density at radius 2 is 1.75 bits per heavy atom. The first-order valence-corrected chi connectivity index (χ1v) is 10.3. The number of phenolic OH excluding ortho intramolecular Hbond substituents is 1. The Morgan fingerprint density at radius 3 is 2.22 bits per heavy atom. The summed E-state index contributed by atoms with van der Waals surface area (Å²) in [4.78, 5) is 34.3. The Morgan fingerprint density at radius 1 is 1.19 bits per heavy atom. The lowest BCUT2D eigenvalue weighted by Crippen LogP contribution is -2.40. The van der Waals surface area contributed by atoms with Gasteiger partial charge in [0.05, 0.1) is 17.2 Å². The molecule has 32 heavy (non-hydrogen) atoms. The number of likely N-dealkylation sites (tertiary alicyclic amines) is 1. The van der Waals surface area contributed by atoms with E-state index in [1.54, 1.807) is 0 Å². The zero-order valence-electron chi connectivity index (χ0n) is 17.4. The van der Waals surface area contributed by atoms with Gasteiger partial charge in [0.2, 0.25) is 0 Å².